The molecule has 0 radical (unpaired) electrons. The van der Waals surface area contributed by atoms with E-state index >= 15 is 0 Å². The molecule has 0 unspecified atom stereocenters. The summed E-state index contributed by atoms with van der Waals surface area (Å²) in [6, 6.07) is 2.74. The molecule has 5 nitrogen and oxygen atoms in total. The van der Waals surface area contributed by atoms with Crippen molar-refractivity contribution in [2.24, 2.45) is 0 Å². The van der Waals surface area contributed by atoms with Crippen LogP contribution in [0, 0.1) is 11.6 Å². The number of benzene rings is 1. The van der Waals surface area contributed by atoms with E-state index in [2.05, 4.69) is 9.53 Å². The Hall–Kier alpha value is -2.40. The second-order valence-electron chi connectivity index (χ2n) is 3.09. The first-order valence-electron chi connectivity index (χ1n) is 4.90. The Morgan fingerprint density at radius 3 is 2.33 bits per heavy atom. The van der Waals surface area contributed by atoms with Gasteiger partial charge in [0.1, 0.15) is 17.2 Å². The Kier molecular flexibility index (Phi) is 4.39. The van der Waals surface area contributed by atoms with E-state index in [0.29, 0.717) is 0 Å². The molecule has 1 aromatic carbocycles. The quantitative estimate of drug-likeness (QED) is 0.203. The minimum atomic E-state index is -1.38. The summed E-state index contributed by atoms with van der Waals surface area (Å²) in [4.78, 5) is 25.3. The molecule has 0 spiro atoms. The van der Waals surface area contributed by atoms with Crippen LogP contribution in [0.25, 0.3) is 5.53 Å². The third-order valence-electron chi connectivity index (χ3n) is 1.97. The van der Waals surface area contributed by atoms with Crippen LogP contribution >= 0.6 is 0 Å². The highest BCUT2D eigenvalue weighted by molar-refractivity contribution is 6.65. The van der Waals surface area contributed by atoms with Gasteiger partial charge in [0.05, 0.1) is 6.61 Å². The number of carbonyl (C=O) groups excluding carboxylic acids is 2. The van der Waals surface area contributed by atoms with E-state index in [1.54, 1.807) is 0 Å². The van der Waals surface area contributed by atoms with Crippen LogP contribution in [0.3, 0.4) is 0 Å². The molecule has 0 atom stereocenters. The molecule has 0 amide bonds. The zero-order chi connectivity index (χ0) is 13.7. The Balaban J connectivity index is 3.21. The van der Waals surface area contributed by atoms with E-state index in [-0.39, 0.29) is 6.61 Å². The highest BCUT2D eigenvalue weighted by Crippen LogP contribution is 2.13. The molecule has 7 heteroatoms. The maximum atomic E-state index is 13.3. The predicted molar refractivity (Wildman–Crippen MR) is 55.9 cm³/mol. The largest absolute Gasteiger partial charge is 0.457 e. The van der Waals surface area contributed by atoms with Crippen molar-refractivity contribution in [2.75, 3.05) is 6.61 Å². The van der Waals surface area contributed by atoms with Gasteiger partial charge in [0.15, 0.2) is 0 Å². The molecule has 0 heterocycles. The topological polar surface area (TPSA) is 79.8 Å². The van der Waals surface area contributed by atoms with E-state index in [1.165, 1.54) is 6.92 Å². The highest BCUT2D eigenvalue weighted by atomic mass is 19.1. The molecule has 0 aliphatic carbocycles. The van der Waals surface area contributed by atoms with E-state index in [1.807, 2.05) is 0 Å². The van der Waals surface area contributed by atoms with Gasteiger partial charge in [-0.3, -0.25) is 4.79 Å². The first-order valence-corrected chi connectivity index (χ1v) is 4.90. The van der Waals surface area contributed by atoms with Crippen LogP contribution in [-0.2, 0) is 9.53 Å². The molecule has 0 N–H and O–H groups in total. The molecule has 0 saturated carbocycles. The average Bonchev–Trinajstić information content (AvgIpc) is 2.30. The molecule has 18 heavy (non-hydrogen) atoms. The van der Waals surface area contributed by atoms with Crippen molar-refractivity contribution in [3.63, 3.8) is 0 Å². The third kappa shape index (κ3) is 2.64. The summed E-state index contributed by atoms with van der Waals surface area (Å²) in [6.45, 7) is 1.38. The highest BCUT2D eigenvalue weighted by Gasteiger charge is 2.35. The van der Waals surface area contributed by atoms with Crippen LogP contribution in [0.15, 0.2) is 18.2 Å². The van der Waals surface area contributed by atoms with E-state index in [0.717, 1.165) is 18.2 Å². The summed E-state index contributed by atoms with van der Waals surface area (Å²) in [5.74, 6) is -4.96. The van der Waals surface area contributed by atoms with Gasteiger partial charge in [-0.05, 0) is 19.1 Å². The lowest BCUT2D eigenvalue weighted by atomic mass is 10.1. The minimum Gasteiger partial charge on any atom is -0.457 e. The minimum absolute atomic E-state index is 0.0785. The molecule has 1 rings (SSSR count). The lowest BCUT2D eigenvalue weighted by molar-refractivity contribution is -0.139. The van der Waals surface area contributed by atoms with Gasteiger partial charge in [-0.2, -0.15) is 4.79 Å². The van der Waals surface area contributed by atoms with Crippen LogP contribution in [0.5, 0.6) is 0 Å². The summed E-state index contributed by atoms with van der Waals surface area (Å²) < 4.78 is 31.0. The number of ketones is 1. The van der Waals surface area contributed by atoms with Crippen LogP contribution in [0.2, 0.25) is 0 Å². The smallest absolute Gasteiger partial charge is 0.446 e. The molecular formula is C11H8F2N2O3. The Labute approximate surface area is 101 Å². The molecule has 0 aliphatic heterocycles. The first kappa shape index (κ1) is 13.7. The monoisotopic (exact) mass is 254 g/mol. The zero-order valence-corrected chi connectivity index (χ0v) is 9.31. The van der Waals surface area contributed by atoms with Gasteiger partial charge in [0, 0.05) is 0 Å². The number of ether oxygens (including phenoxy) is 1. The third-order valence-corrected chi connectivity index (χ3v) is 1.97. The Bertz CT molecular complexity index is 531. The number of carbonyl (C=O) groups is 2. The van der Waals surface area contributed by atoms with E-state index in [4.69, 9.17) is 5.53 Å². The van der Waals surface area contributed by atoms with Gasteiger partial charge in [0.25, 0.3) is 5.78 Å². The van der Waals surface area contributed by atoms with Gasteiger partial charge < -0.3 is 10.3 Å². The van der Waals surface area contributed by atoms with E-state index in [9.17, 15) is 18.4 Å². The standard InChI is InChI=1S/C11H8F2N2O3/c1-2-18-11(17)9(15-14)10(16)8-6(12)4-3-5-7(8)13/h3-5H,2H2,1H3. The molecular weight excluding hydrogens is 246 g/mol. The fourth-order valence-corrected chi connectivity index (χ4v) is 1.21. The lowest BCUT2D eigenvalue weighted by Gasteiger charge is -2.00. The number of rotatable bonds is 4. The normalized spacial score (nSPS) is 9.50. The van der Waals surface area contributed by atoms with Gasteiger partial charge in [-0.15, -0.1) is 0 Å². The van der Waals surface area contributed by atoms with Crippen LogP contribution < -0.4 is 0 Å². The van der Waals surface area contributed by atoms with Gasteiger partial charge >= 0.3 is 11.7 Å². The molecule has 0 bridgehead atoms. The summed E-state index contributed by atoms with van der Waals surface area (Å²) in [7, 11) is 0. The van der Waals surface area contributed by atoms with Crippen LogP contribution in [-0.4, -0.2) is 28.9 Å². The SMILES string of the molecule is CCOC(=O)C(=[N+]=[N-])C(=O)c1c(F)cccc1F. The van der Waals surface area contributed by atoms with Gasteiger partial charge in [-0.25, -0.2) is 13.6 Å². The number of Topliss-reactive ketones (excluding diaryl/α,β-unsaturated/α-hetero) is 1. The van der Waals surface area contributed by atoms with Crippen molar-refractivity contribution >= 4 is 17.5 Å². The van der Waals surface area contributed by atoms with Crippen molar-refractivity contribution in [1.82, 2.24) is 0 Å². The lowest BCUT2D eigenvalue weighted by Crippen LogP contribution is -2.29. The summed E-state index contributed by atoms with van der Waals surface area (Å²) in [5.41, 5.74) is 6.50. The molecule has 1 aromatic rings. The van der Waals surface area contributed by atoms with Crippen molar-refractivity contribution < 1.29 is 27.9 Å². The van der Waals surface area contributed by atoms with E-state index < -0.39 is 34.7 Å². The molecule has 94 valence electrons. The summed E-state index contributed by atoms with van der Waals surface area (Å²) in [6.07, 6.45) is 0. The number of hydrogen-bond acceptors (Lipinski definition) is 3. The van der Waals surface area contributed by atoms with Crippen molar-refractivity contribution in [3.05, 3.63) is 40.9 Å². The van der Waals surface area contributed by atoms with Crippen molar-refractivity contribution in [2.45, 2.75) is 6.92 Å². The Morgan fingerprint density at radius 2 is 1.89 bits per heavy atom. The molecule has 0 aliphatic rings. The van der Waals surface area contributed by atoms with Gasteiger partial charge in [-0.1, -0.05) is 6.07 Å². The average molecular weight is 254 g/mol. The second kappa shape index (κ2) is 5.79. The predicted octanol–water partition coefficient (Wildman–Crippen LogP) is 1.38. The van der Waals surface area contributed by atoms with Crippen molar-refractivity contribution in [1.29, 1.82) is 0 Å². The molecule has 0 saturated heterocycles. The number of nitrogens with zero attached hydrogens (tertiary/aromatic N) is 2. The van der Waals surface area contributed by atoms with Gasteiger partial charge in [0.2, 0.25) is 0 Å². The molecule has 0 fully saturated rings. The number of esters is 1. The van der Waals surface area contributed by atoms with Crippen molar-refractivity contribution in [3.8, 4) is 0 Å². The fraction of sp³-hybridized carbons (Fsp3) is 0.182. The fourth-order valence-electron chi connectivity index (χ4n) is 1.21. The zero-order valence-electron chi connectivity index (χ0n) is 9.31. The summed E-state index contributed by atoms with van der Waals surface area (Å²) >= 11 is 0. The number of halogens is 2. The maximum absolute atomic E-state index is 13.3. The number of hydrogen-bond donors (Lipinski definition) is 0. The second-order valence-corrected chi connectivity index (χ2v) is 3.09. The molecule has 0 aromatic heterocycles. The maximum Gasteiger partial charge on any atom is 0.446 e. The van der Waals surface area contributed by atoms with Crippen LogP contribution in [0.4, 0.5) is 8.78 Å². The van der Waals surface area contributed by atoms with Crippen LogP contribution in [0.1, 0.15) is 17.3 Å². The summed E-state index contributed by atoms with van der Waals surface area (Å²) in [5, 5.41) is 0. The Morgan fingerprint density at radius 1 is 1.33 bits per heavy atom. The first-order chi connectivity index (χ1) is 8.52.